The highest BCUT2D eigenvalue weighted by Gasteiger charge is 2.33. The van der Waals surface area contributed by atoms with Crippen LogP contribution >= 0.6 is 11.3 Å². The van der Waals surface area contributed by atoms with Crippen molar-refractivity contribution in [2.75, 3.05) is 10.6 Å². The first-order valence-corrected chi connectivity index (χ1v) is 13.9. The molecular weight excluding hydrogens is 514 g/mol. The van der Waals surface area contributed by atoms with Gasteiger partial charge in [-0.3, -0.25) is 14.6 Å². The molecule has 2 aromatic rings. The van der Waals surface area contributed by atoms with Crippen LogP contribution in [0.5, 0.6) is 0 Å². The fourth-order valence-electron chi connectivity index (χ4n) is 5.05. The van der Waals surface area contributed by atoms with Crippen molar-refractivity contribution in [3.63, 3.8) is 0 Å². The average molecular weight is 550 g/mol. The molecule has 2 aliphatic rings. The summed E-state index contributed by atoms with van der Waals surface area (Å²) in [5.74, 6) is 0.00659. The summed E-state index contributed by atoms with van der Waals surface area (Å²) in [5, 5.41) is 21.9. The van der Waals surface area contributed by atoms with Gasteiger partial charge in [-0.15, -0.1) is 11.3 Å². The van der Waals surface area contributed by atoms with Crippen molar-refractivity contribution in [1.29, 1.82) is 5.53 Å². The summed E-state index contributed by atoms with van der Waals surface area (Å²) in [4.78, 5) is 34.9. The van der Waals surface area contributed by atoms with Gasteiger partial charge in [-0.1, -0.05) is 20.3 Å². The molecule has 0 aromatic carbocycles. The zero-order chi connectivity index (χ0) is 28.0. The third-order valence-corrected chi connectivity index (χ3v) is 8.45. The Morgan fingerprint density at radius 2 is 2.08 bits per heavy atom. The lowest BCUT2D eigenvalue weighted by Gasteiger charge is -2.26. The molecule has 1 aliphatic carbocycles. The van der Waals surface area contributed by atoms with Crippen LogP contribution in [0.2, 0.25) is 0 Å². The van der Waals surface area contributed by atoms with E-state index in [1.54, 1.807) is 43.7 Å². The fraction of sp³-hybridized carbons (Fsp3) is 0.429. The molecule has 1 saturated carbocycles. The number of nitrogens with zero attached hydrogens (tertiary/aromatic N) is 3. The number of aliphatic hydroxyl groups is 1. The van der Waals surface area contributed by atoms with Gasteiger partial charge in [0.1, 0.15) is 5.01 Å². The minimum absolute atomic E-state index is 0.0797. The molecule has 206 valence electrons. The number of hydrogen-bond acceptors (Lipinski definition) is 9. The molecule has 1 unspecified atom stereocenters. The highest BCUT2D eigenvalue weighted by molar-refractivity contribution is 7.12. The minimum Gasteiger partial charge on any atom is -0.389 e. The summed E-state index contributed by atoms with van der Waals surface area (Å²) in [6.07, 6.45) is 14.5. The zero-order valence-electron chi connectivity index (χ0n) is 22.5. The zero-order valence-corrected chi connectivity index (χ0v) is 23.3. The van der Waals surface area contributed by atoms with Crippen molar-refractivity contribution >= 4 is 40.1 Å². The van der Waals surface area contributed by atoms with E-state index in [9.17, 15) is 14.7 Å². The predicted molar refractivity (Wildman–Crippen MR) is 152 cm³/mol. The number of carbonyl (C=O) groups excluding carboxylic acids is 2. The molecule has 0 radical (unpaired) electrons. The summed E-state index contributed by atoms with van der Waals surface area (Å²) < 4.78 is 0. The molecule has 0 bridgehead atoms. The van der Waals surface area contributed by atoms with Crippen molar-refractivity contribution in [3.8, 4) is 0 Å². The topological polar surface area (TPSA) is 152 Å². The van der Waals surface area contributed by atoms with Gasteiger partial charge in [0.15, 0.2) is 5.70 Å². The molecule has 10 nitrogen and oxygen atoms in total. The third kappa shape index (κ3) is 7.04. The predicted octanol–water partition coefficient (Wildman–Crippen LogP) is 5.66. The molecule has 11 heteroatoms. The number of aromatic nitrogens is 2. The van der Waals surface area contributed by atoms with Crippen molar-refractivity contribution in [3.05, 3.63) is 63.8 Å². The van der Waals surface area contributed by atoms with Crippen LogP contribution in [-0.2, 0) is 16.2 Å². The summed E-state index contributed by atoms with van der Waals surface area (Å²) in [6, 6.07) is 1.66. The Morgan fingerprint density at radius 1 is 1.26 bits per heavy atom. The fourth-order valence-corrected chi connectivity index (χ4v) is 5.83. The van der Waals surface area contributed by atoms with E-state index < -0.39 is 5.91 Å². The molecular formula is C28H35N7O3S. The van der Waals surface area contributed by atoms with Crippen LogP contribution < -0.4 is 16.0 Å². The molecule has 0 spiro atoms. The SMILES string of the molecule is Cc1ncc(NC(=O)CCCC2CCCC2(C)C)cc1NC(=O)/C(N=N)=C1\C=CC(c2cnc(CO)s2)=CN1. The first-order valence-electron chi connectivity index (χ1n) is 13.1. The maximum absolute atomic E-state index is 13.0. The van der Waals surface area contributed by atoms with Crippen LogP contribution in [0.25, 0.3) is 5.57 Å². The number of thiazole rings is 1. The van der Waals surface area contributed by atoms with Gasteiger partial charge in [-0.05, 0) is 62.2 Å². The smallest absolute Gasteiger partial charge is 0.278 e. The minimum atomic E-state index is -0.582. The number of amides is 2. The van der Waals surface area contributed by atoms with Gasteiger partial charge >= 0.3 is 0 Å². The highest BCUT2D eigenvalue weighted by atomic mass is 32.1. The van der Waals surface area contributed by atoms with E-state index >= 15 is 0 Å². The summed E-state index contributed by atoms with van der Waals surface area (Å²) in [7, 11) is 0. The Labute approximate surface area is 232 Å². The Morgan fingerprint density at radius 3 is 2.72 bits per heavy atom. The molecule has 2 aromatic heterocycles. The average Bonchev–Trinajstić information content (AvgIpc) is 3.53. The summed E-state index contributed by atoms with van der Waals surface area (Å²) >= 11 is 1.37. The number of aryl methyl sites for hydroxylation is 1. The lowest BCUT2D eigenvalue weighted by atomic mass is 9.79. The standard InChI is InChI=1S/C28H35N7O3S/c1-17-22(12-20(14-30-17)33-24(37)8-4-6-19-7-5-11-28(19,2)3)34-27(38)26(35-29)21-10-9-18(13-31-21)23-15-32-25(16-36)39-23/h9-10,12-15,19,29,31,36H,4-8,11,16H2,1-3H3,(H,33,37)(H,34,38)/b26-21-,35-29?. The number of aliphatic hydroxyl groups excluding tert-OH is 1. The Balaban J connectivity index is 1.36. The molecule has 4 rings (SSSR count). The number of rotatable bonds is 10. The van der Waals surface area contributed by atoms with E-state index in [1.807, 2.05) is 0 Å². The van der Waals surface area contributed by atoms with Crippen molar-refractivity contribution < 1.29 is 14.7 Å². The largest absolute Gasteiger partial charge is 0.389 e. The molecule has 0 saturated heterocycles. The molecule has 1 fully saturated rings. The molecule has 3 heterocycles. The first-order chi connectivity index (χ1) is 18.7. The number of anilines is 2. The highest BCUT2D eigenvalue weighted by Crippen LogP contribution is 2.45. The van der Waals surface area contributed by atoms with Crippen LogP contribution in [0, 0.1) is 23.8 Å². The van der Waals surface area contributed by atoms with Gasteiger partial charge in [0, 0.05) is 24.4 Å². The van der Waals surface area contributed by atoms with Gasteiger partial charge < -0.3 is 21.1 Å². The Hall–Kier alpha value is -3.70. The van der Waals surface area contributed by atoms with Gasteiger partial charge in [0.25, 0.3) is 5.91 Å². The van der Waals surface area contributed by atoms with E-state index in [4.69, 9.17) is 5.53 Å². The third-order valence-electron chi connectivity index (χ3n) is 7.42. The van der Waals surface area contributed by atoms with Crippen molar-refractivity contribution in [2.24, 2.45) is 16.4 Å². The number of allylic oxidation sites excluding steroid dienone is 3. The second-order valence-electron chi connectivity index (χ2n) is 10.6. The lowest BCUT2D eigenvalue weighted by Crippen LogP contribution is -2.20. The quantitative estimate of drug-likeness (QED) is 0.191. The van der Waals surface area contributed by atoms with Crippen LogP contribution in [0.3, 0.4) is 0 Å². The number of carbonyl (C=O) groups is 2. The normalized spacial score (nSPS) is 19.2. The number of nitrogens with one attached hydrogen (secondary N) is 4. The summed E-state index contributed by atoms with van der Waals surface area (Å²) in [5.41, 5.74) is 10.5. The maximum Gasteiger partial charge on any atom is 0.278 e. The van der Waals surface area contributed by atoms with E-state index in [-0.39, 0.29) is 18.2 Å². The van der Waals surface area contributed by atoms with Crippen LogP contribution in [0.4, 0.5) is 11.4 Å². The van der Waals surface area contributed by atoms with E-state index in [0.717, 1.165) is 23.3 Å². The van der Waals surface area contributed by atoms with Crippen LogP contribution in [0.15, 0.2) is 53.3 Å². The van der Waals surface area contributed by atoms with Gasteiger partial charge in [0.05, 0.1) is 40.4 Å². The van der Waals surface area contributed by atoms with E-state index in [0.29, 0.717) is 45.5 Å². The van der Waals surface area contributed by atoms with E-state index in [1.165, 1.54) is 30.6 Å². The van der Waals surface area contributed by atoms with E-state index in [2.05, 4.69) is 44.9 Å². The lowest BCUT2D eigenvalue weighted by molar-refractivity contribution is -0.116. The monoisotopic (exact) mass is 549 g/mol. The molecule has 1 aliphatic heterocycles. The molecule has 5 N–H and O–H groups in total. The molecule has 1 atom stereocenters. The number of hydrogen-bond donors (Lipinski definition) is 5. The second-order valence-corrected chi connectivity index (χ2v) is 11.7. The first kappa shape index (κ1) is 28.3. The number of pyridine rings is 1. The second kappa shape index (κ2) is 12.4. The maximum atomic E-state index is 13.0. The molecule has 2 amide bonds. The van der Waals surface area contributed by atoms with Gasteiger partial charge in [-0.2, -0.15) is 5.11 Å². The Bertz CT molecular complexity index is 1340. The molecule has 39 heavy (non-hydrogen) atoms. The van der Waals surface area contributed by atoms with Gasteiger partial charge in [0.2, 0.25) is 5.91 Å². The van der Waals surface area contributed by atoms with Crippen molar-refractivity contribution in [1.82, 2.24) is 15.3 Å². The van der Waals surface area contributed by atoms with Gasteiger partial charge in [-0.25, -0.2) is 10.5 Å². The Kier molecular flexibility index (Phi) is 9.03. The van der Waals surface area contributed by atoms with Crippen molar-refractivity contribution in [2.45, 2.75) is 65.9 Å². The van der Waals surface area contributed by atoms with Crippen LogP contribution in [0.1, 0.15) is 68.0 Å². The van der Waals surface area contributed by atoms with Crippen LogP contribution in [-0.4, -0.2) is 26.9 Å². The summed E-state index contributed by atoms with van der Waals surface area (Å²) in [6.45, 7) is 6.26. The number of dihydropyridines is 1.